The quantitative estimate of drug-likeness (QED) is 0.725. The van der Waals surface area contributed by atoms with Gasteiger partial charge in [0.2, 0.25) is 0 Å². The Kier molecular flexibility index (Phi) is 7.04. The minimum Gasteiger partial charge on any atom is -0.395 e. The smallest absolute Gasteiger partial charge is 0.322 e. The maximum atomic E-state index is 12.5. The molecule has 0 unspecified atom stereocenters. The van der Waals surface area contributed by atoms with Crippen LogP contribution in [0.25, 0.3) is 0 Å². The van der Waals surface area contributed by atoms with Crippen LogP contribution in [0.1, 0.15) is 5.56 Å². The molecule has 0 fully saturated rings. The molecule has 2 N–H and O–H groups in total. The van der Waals surface area contributed by atoms with E-state index in [1.54, 1.807) is 6.08 Å². The highest BCUT2D eigenvalue weighted by Gasteiger charge is 2.15. The minimum absolute atomic E-state index is 0.0865. The van der Waals surface area contributed by atoms with Crippen LogP contribution in [0.3, 0.4) is 0 Å². The van der Waals surface area contributed by atoms with E-state index in [1.165, 1.54) is 10.5 Å². The molecule has 0 aliphatic heterocycles. The standard InChI is InChI=1S/C20H25N3O2/c1-3-13-23(14-15-24)20(25)21-18-11-7-8-12-19(18)22(2)16-17-9-5-4-6-10-17/h3-12,24H,1,13-16H2,2H3,(H,21,25). The molecule has 25 heavy (non-hydrogen) atoms. The lowest BCUT2D eigenvalue weighted by Gasteiger charge is -2.25. The third-order valence-corrected chi connectivity index (χ3v) is 3.83. The molecule has 5 nitrogen and oxygen atoms in total. The number of nitrogens with one attached hydrogen (secondary N) is 1. The first-order chi connectivity index (χ1) is 12.2. The fourth-order valence-corrected chi connectivity index (χ4v) is 2.60. The molecule has 0 bridgehead atoms. The van der Waals surface area contributed by atoms with Gasteiger partial charge in [-0.2, -0.15) is 0 Å². The number of amides is 2. The first-order valence-corrected chi connectivity index (χ1v) is 8.27. The zero-order valence-electron chi connectivity index (χ0n) is 14.6. The molecule has 0 atom stereocenters. The fraction of sp³-hybridized carbons (Fsp3) is 0.250. The van der Waals surface area contributed by atoms with Crippen molar-refractivity contribution >= 4 is 17.4 Å². The van der Waals surface area contributed by atoms with E-state index in [4.69, 9.17) is 5.11 Å². The number of rotatable bonds is 8. The topological polar surface area (TPSA) is 55.8 Å². The number of para-hydroxylation sites is 2. The largest absolute Gasteiger partial charge is 0.395 e. The van der Waals surface area contributed by atoms with E-state index in [9.17, 15) is 4.79 Å². The normalized spacial score (nSPS) is 10.2. The number of nitrogens with zero attached hydrogens (tertiary/aromatic N) is 2. The lowest BCUT2D eigenvalue weighted by Crippen LogP contribution is -2.37. The third kappa shape index (κ3) is 5.36. The van der Waals surface area contributed by atoms with Gasteiger partial charge in [0.05, 0.1) is 18.0 Å². The summed E-state index contributed by atoms with van der Waals surface area (Å²) < 4.78 is 0. The molecule has 0 aliphatic rings. The van der Waals surface area contributed by atoms with Gasteiger partial charge in [0.1, 0.15) is 0 Å². The number of hydrogen-bond acceptors (Lipinski definition) is 3. The summed E-state index contributed by atoms with van der Waals surface area (Å²) in [4.78, 5) is 16.1. The average Bonchev–Trinajstić information content (AvgIpc) is 2.62. The highest BCUT2D eigenvalue weighted by atomic mass is 16.3. The van der Waals surface area contributed by atoms with Gasteiger partial charge in [-0.1, -0.05) is 48.5 Å². The SMILES string of the molecule is C=CCN(CCO)C(=O)Nc1ccccc1N(C)Cc1ccccc1. The van der Waals surface area contributed by atoms with Crippen molar-refractivity contribution in [2.45, 2.75) is 6.54 Å². The van der Waals surface area contributed by atoms with E-state index >= 15 is 0 Å². The maximum Gasteiger partial charge on any atom is 0.322 e. The van der Waals surface area contributed by atoms with Crippen molar-refractivity contribution < 1.29 is 9.90 Å². The summed E-state index contributed by atoms with van der Waals surface area (Å²) in [5.41, 5.74) is 2.86. The van der Waals surface area contributed by atoms with Gasteiger partial charge >= 0.3 is 6.03 Å². The number of anilines is 2. The van der Waals surface area contributed by atoms with E-state index < -0.39 is 0 Å². The van der Waals surface area contributed by atoms with Crippen LogP contribution < -0.4 is 10.2 Å². The molecule has 2 amide bonds. The van der Waals surface area contributed by atoms with E-state index in [0.29, 0.717) is 6.54 Å². The Balaban J connectivity index is 2.14. The van der Waals surface area contributed by atoms with Crippen LogP contribution in [0.15, 0.2) is 67.3 Å². The second-order valence-corrected chi connectivity index (χ2v) is 5.75. The summed E-state index contributed by atoms with van der Waals surface area (Å²) in [6.07, 6.45) is 1.64. The van der Waals surface area contributed by atoms with Crippen LogP contribution in [-0.2, 0) is 6.54 Å². The highest BCUT2D eigenvalue weighted by Crippen LogP contribution is 2.26. The summed E-state index contributed by atoms with van der Waals surface area (Å²) in [6, 6.07) is 17.6. The van der Waals surface area contributed by atoms with E-state index in [-0.39, 0.29) is 19.2 Å². The van der Waals surface area contributed by atoms with Crippen molar-refractivity contribution in [1.29, 1.82) is 0 Å². The van der Waals surface area contributed by atoms with Crippen molar-refractivity contribution in [2.24, 2.45) is 0 Å². The molecule has 0 radical (unpaired) electrons. The summed E-state index contributed by atoms with van der Waals surface area (Å²) in [7, 11) is 1.99. The van der Waals surface area contributed by atoms with Crippen LogP contribution in [0.2, 0.25) is 0 Å². The summed E-state index contributed by atoms with van der Waals surface area (Å²) in [6.45, 7) is 4.95. The summed E-state index contributed by atoms with van der Waals surface area (Å²) >= 11 is 0. The number of hydrogen-bond donors (Lipinski definition) is 2. The number of carbonyl (C=O) groups excluding carboxylic acids is 1. The van der Waals surface area contributed by atoms with Gasteiger partial charge in [0.25, 0.3) is 0 Å². The molecule has 0 spiro atoms. The first-order valence-electron chi connectivity index (χ1n) is 8.27. The molecule has 0 heterocycles. The van der Waals surface area contributed by atoms with Crippen molar-refractivity contribution in [3.63, 3.8) is 0 Å². The van der Waals surface area contributed by atoms with E-state index in [2.05, 4.69) is 28.9 Å². The molecule has 5 heteroatoms. The van der Waals surface area contributed by atoms with Gasteiger partial charge in [0.15, 0.2) is 0 Å². The molecular weight excluding hydrogens is 314 g/mol. The predicted octanol–water partition coefficient (Wildman–Crippen LogP) is 3.34. The molecule has 0 aliphatic carbocycles. The Morgan fingerprint density at radius 1 is 1.16 bits per heavy atom. The zero-order chi connectivity index (χ0) is 18.1. The molecular formula is C20H25N3O2. The highest BCUT2D eigenvalue weighted by molar-refractivity contribution is 5.93. The molecule has 0 saturated carbocycles. The minimum atomic E-state index is -0.255. The van der Waals surface area contributed by atoms with Crippen LogP contribution in [-0.4, -0.2) is 42.8 Å². The van der Waals surface area contributed by atoms with Gasteiger partial charge in [-0.15, -0.1) is 6.58 Å². The second-order valence-electron chi connectivity index (χ2n) is 5.75. The van der Waals surface area contributed by atoms with E-state index in [1.807, 2.05) is 49.5 Å². The lowest BCUT2D eigenvalue weighted by atomic mass is 10.2. The number of carbonyl (C=O) groups is 1. The maximum absolute atomic E-state index is 12.5. The third-order valence-electron chi connectivity index (χ3n) is 3.83. The van der Waals surface area contributed by atoms with Gasteiger partial charge in [-0.3, -0.25) is 0 Å². The van der Waals surface area contributed by atoms with Gasteiger partial charge in [-0.25, -0.2) is 4.79 Å². The predicted molar refractivity (Wildman–Crippen MR) is 103 cm³/mol. The summed E-state index contributed by atoms with van der Waals surface area (Å²) in [5, 5.41) is 12.1. The second kappa shape index (κ2) is 9.49. The Morgan fingerprint density at radius 3 is 2.52 bits per heavy atom. The molecule has 0 aromatic heterocycles. The van der Waals surface area contributed by atoms with Gasteiger partial charge in [-0.05, 0) is 17.7 Å². The molecule has 132 valence electrons. The number of aliphatic hydroxyl groups is 1. The Bertz CT molecular complexity index is 688. The molecule has 2 rings (SSSR count). The van der Waals surface area contributed by atoms with Crippen LogP contribution in [0.5, 0.6) is 0 Å². The Hall–Kier alpha value is -2.79. The van der Waals surface area contributed by atoms with Crippen LogP contribution in [0, 0.1) is 0 Å². The monoisotopic (exact) mass is 339 g/mol. The first kappa shape index (κ1) is 18.5. The zero-order valence-corrected chi connectivity index (χ0v) is 14.6. The number of aliphatic hydroxyl groups excluding tert-OH is 1. The van der Waals surface area contributed by atoms with Crippen molar-refractivity contribution in [2.75, 3.05) is 37.0 Å². The average molecular weight is 339 g/mol. The molecule has 2 aromatic rings. The van der Waals surface area contributed by atoms with Crippen molar-refractivity contribution in [3.05, 3.63) is 72.8 Å². The summed E-state index contributed by atoms with van der Waals surface area (Å²) in [5.74, 6) is 0. The number of urea groups is 1. The Labute approximate surface area is 149 Å². The van der Waals surface area contributed by atoms with Crippen molar-refractivity contribution in [3.8, 4) is 0 Å². The molecule has 2 aromatic carbocycles. The van der Waals surface area contributed by atoms with Crippen LogP contribution in [0.4, 0.5) is 16.2 Å². The lowest BCUT2D eigenvalue weighted by molar-refractivity contribution is 0.195. The van der Waals surface area contributed by atoms with Crippen LogP contribution >= 0.6 is 0 Å². The van der Waals surface area contributed by atoms with Crippen molar-refractivity contribution in [1.82, 2.24) is 4.90 Å². The van der Waals surface area contributed by atoms with E-state index in [0.717, 1.165) is 17.9 Å². The molecule has 0 saturated heterocycles. The number of benzene rings is 2. The Morgan fingerprint density at radius 2 is 1.84 bits per heavy atom. The van der Waals surface area contributed by atoms with Gasteiger partial charge < -0.3 is 20.2 Å². The van der Waals surface area contributed by atoms with Gasteiger partial charge in [0, 0.05) is 26.7 Å². The fourth-order valence-electron chi connectivity index (χ4n) is 2.60.